The molecular formula is C13H8ClFN2O3. The Morgan fingerprint density at radius 3 is 2.70 bits per heavy atom. The highest BCUT2D eigenvalue weighted by Crippen LogP contribution is 2.32. The van der Waals surface area contributed by atoms with Crippen LogP contribution in [0.25, 0.3) is 0 Å². The van der Waals surface area contributed by atoms with Crippen molar-refractivity contribution in [2.75, 3.05) is 0 Å². The van der Waals surface area contributed by atoms with Gasteiger partial charge in [0.2, 0.25) is 5.75 Å². The third-order valence-electron chi connectivity index (χ3n) is 2.48. The second kappa shape index (κ2) is 5.66. The van der Waals surface area contributed by atoms with Gasteiger partial charge >= 0.3 is 5.69 Å². The van der Waals surface area contributed by atoms with Crippen molar-refractivity contribution in [1.29, 1.82) is 0 Å². The Morgan fingerprint density at radius 2 is 2.05 bits per heavy atom. The molecule has 2 rings (SSSR count). The third kappa shape index (κ3) is 2.92. The second-order valence-electron chi connectivity index (χ2n) is 3.83. The molecule has 0 spiro atoms. The van der Waals surface area contributed by atoms with E-state index >= 15 is 0 Å². The molecule has 0 aliphatic carbocycles. The molecule has 0 radical (unpaired) electrons. The maximum Gasteiger partial charge on any atom is 0.312 e. The minimum absolute atomic E-state index is 0.0347. The number of rotatable bonds is 3. The zero-order valence-electron chi connectivity index (χ0n) is 9.96. The molecule has 0 bridgehead atoms. The van der Waals surface area contributed by atoms with Crippen LogP contribution in [0.5, 0.6) is 5.75 Å². The molecule has 0 saturated carbocycles. The number of aliphatic imine (C=N–C) groups is 1. The maximum atomic E-state index is 13.4. The SMILES string of the molecule is O=[N+]([O-])c1cc(Cl)cc(C=Nc2ccccc2F)c1O. The van der Waals surface area contributed by atoms with Crippen molar-refractivity contribution in [3.8, 4) is 5.75 Å². The van der Waals surface area contributed by atoms with Gasteiger partial charge in [0.05, 0.1) is 10.6 Å². The topological polar surface area (TPSA) is 75.7 Å². The number of phenolic OH excluding ortho intramolecular Hbond substituents is 1. The Morgan fingerprint density at radius 1 is 1.35 bits per heavy atom. The molecule has 0 saturated heterocycles. The van der Waals surface area contributed by atoms with E-state index < -0.39 is 22.2 Å². The van der Waals surface area contributed by atoms with Gasteiger partial charge in [0.15, 0.2) is 0 Å². The highest BCUT2D eigenvalue weighted by atomic mass is 35.5. The fourth-order valence-electron chi connectivity index (χ4n) is 1.54. The number of benzene rings is 2. The molecule has 1 N–H and O–H groups in total. The van der Waals surface area contributed by atoms with Crippen LogP contribution in [-0.4, -0.2) is 16.2 Å². The highest BCUT2D eigenvalue weighted by molar-refractivity contribution is 6.31. The van der Waals surface area contributed by atoms with Gasteiger partial charge in [-0.1, -0.05) is 23.7 Å². The monoisotopic (exact) mass is 294 g/mol. The Hall–Kier alpha value is -2.47. The summed E-state index contributed by atoms with van der Waals surface area (Å²) < 4.78 is 13.4. The zero-order chi connectivity index (χ0) is 14.7. The number of nitro groups is 1. The van der Waals surface area contributed by atoms with E-state index in [1.165, 1.54) is 24.3 Å². The van der Waals surface area contributed by atoms with E-state index in [0.29, 0.717) is 0 Å². The number of para-hydroxylation sites is 1. The quantitative estimate of drug-likeness (QED) is 0.531. The standard InChI is InChI=1S/C13H8ClFN2O3/c14-9-5-8(13(18)12(6-9)17(19)20)7-16-11-4-2-1-3-10(11)15/h1-7,18H. The summed E-state index contributed by atoms with van der Waals surface area (Å²) in [5.74, 6) is -1.11. The molecule has 2 aromatic rings. The molecule has 20 heavy (non-hydrogen) atoms. The van der Waals surface area contributed by atoms with Crippen LogP contribution in [0.2, 0.25) is 5.02 Å². The third-order valence-corrected chi connectivity index (χ3v) is 2.69. The Kier molecular flexibility index (Phi) is 3.95. The summed E-state index contributed by atoms with van der Waals surface area (Å²) in [7, 11) is 0. The average Bonchev–Trinajstić information content (AvgIpc) is 2.40. The Balaban J connectivity index is 2.44. The zero-order valence-corrected chi connectivity index (χ0v) is 10.7. The number of aromatic hydroxyl groups is 1. The van der Waals surface area contributed by atoms with E-state index in [-0.39, 0.29) is 16.3 Å². The number of nitro benzene ring substituents is 1. The number of nitrogens with zero attached hydrogens (tertiary/aromatic N) is 2. The van der Waals surface area contributed by atoms with Crippen molar-refractivity contribution < 1.29 is 14.4 Å². The van der Waals surface area contributed by atoms with Crippen LogP contribution in [-0.2, 0) is 0 Å². The summed E-state index contributed by atoms with van der Waals surface area (Å²) in [5.41, 5.74) is -0.450. The van der Waals surface area contributed by atoms with Crippen molar-refractivity contribution in [3.63, 3.8) is 0 Å². The second-order valence-corrected chi connectivity index (χ2v) is 4.27. The molecular weight excluding hydrogens is 287 g/mol. The molecule has 0 amide bonds. The van der Waals surface area contributed by atoms with Gasteiger partial charge in [0, 0.05) is 22.9 Å². The van der Waals surface area contributed by atoms with E-state index in [4.69, 9.17) is 11.6 Å². The van der Waals surface area contributed by atoms with Crippen molar-refractivity contribution in [1.82, 2.24) is 0 Å². The fourth-order valence-corrected chi connectivity index (χ4v) is 1.76. The molecule has 0 aliphatic heterocycles. The lowest BCUT2D eigenvalue weighted by Gasteiger charge is -2.01. The first-order valence-corrected chi connectivity index (χ1v) is 5.82. The van der Waals surface area contributed by atoms with Gasteiger partial charge in [0.1, 0.15) is 5.82 Å². The minimum atomic E-state index is -0.762. The van der Waals surface area contributed by atoms with Gasteiger partial charge in [-0.15, -0.1) is 0 Å². The van der Waals surface area contributed by atoms with Gasteiger partial charge in [-0.25, -0.2) is 4.39 Å². The van der Waals surface area contributed by atoms with Crippen LogP contribution in [0.1, 0.15) is 5.56 Å². The first-order valence-electron chi connectivity index (χ1n) is 5.44. The van der Waals surface area contributed by atoms with Gasteiger partial charge in [0.25, 0.3) is 0 Å². The van der Waals surface area contributed by atoms with E-state index in [2.05, 4.69) is 4.99 Å². The average molecular weight is 295 g/mol. The summed E-state index contributed by atoms with van der Waals surface area (Å²) in [6.45, 7) is 0. The van der Waals surface area contributed by atoms with E-state index in [9.17, 15) is 19.6 Å². The smallest absolute Gasteiger partial charge is 0.312 e. The van der Waals surface area contributed by atoms with Gasteiger partial charge < -0.3 is 5.11 Å². The van der Waals surface area contributed by atoms with Crippen LogP contribution in [0, 0.1) is 15.9 Å². The lowest BCUT2D eigenvalue weighted by Crippen LogP contribution is -1.92. The first-order chi connectivity index (χ1) is 9.49. The predicted octanol–water partition coefficient (Wildman–Crippen LogP) is 3.84. The van der Waals surface area contributed by atoms with Gasteiger partial charge in [-0.2, -0.15) is 0 Å². The molecule has 2 aromatic carbocycles. The van der Waals surface area contributed by atoms with Crippen LogP contribution < -0.4 is 0 Å². The Labute approximate surface area is 118 Å². The van der Waals surface area contributed by atoms with Crippen LogP contribution >= 0.6 is 11.6 Å². The predicted molar refractivity (Wildman–Crippen MR) is 73.4 cm³/mol. The maximum absolute atomic E-state index is 13.4. The number of phenols is 1. The molecule has 0 heterocycles. The molecule has 7 heteroatoms. The van der Waals surface area contributed by atoms with Crippen molar-refractivity contribution in [3.05, 3.63) is 62.9 Å². The lowest BCUT2D eigenvalue weighted by atomic mass is 10.2. The number of hydrogen-bond donors (Lipinski definition) is 1. The molecule has 0 fully saturated rings. The van der Waals surface area contributed by atoms with Crippen LogP contribution in [0.4, 0.5) is 15.8 Å². The van der Waals surface area contributed by atoms with Gasteiger partial charge in [-0.3, -0.25) is 15.1 Å². The fraction of sp³-hybridized carbons (Fsp3) is 0. The Bertz CT molecular complexity index is 704. The van der Waals surface area contributed by atoms with E-state index in [1.54, 1.807) is 6.07 Å². The van der Waals surface area contributed by atoms with Crippen molar-refractivity contribution in [2.24, 2.45) is 4.99 Å². The first kappa shape index (κ1) is 14.0. The van der Waals surface area contributed by atoms with Crippen LogP contribution in [0.3, 0.4) is 0 Å². The molecule has 0 aliphatic rings. The molecule has 0 unspecified atom stereocenters. The summed E-state index contributed by atoms with van der Waals surface area (Å²) >= 11 is 5.73. The molecule has 102 valence electrons. The van der Waals surface area contributed by atoms with E-state index in [1.807, 2.05) is 0 Å². The van der Waals surface area contributed by atoms with Crippen LogP contribution in [0.15, 0.2) is 41.4 Å². The van der Waals surface area contributed by atoms with E-state index in [0.717, 1.165) is 12.3 Å². The van der Waals surface area contributed by atoms with Gasteiger partial charge in [-0.05, 0) is 18.2 Å². The largest absolute Gasteiger partial charge is 0.502 e. The van der Waals surface area contributed by atoms with Crippen molar-refractivity contribution >= 4 is 29.2 Å². The summed E-state index contributed by atoms with van der Waals surface area (Å²) in [6.07, 6.45) is 1.12. The normalized spacial score (nSPS) is 10.9. The molecule has 0 atom stereocenters. The number of halogens is 2. The van der Waals surface area contributed by atoms with Crippen molar-refractivity contribution in [2.45, 2.75) is 0 Å². The number of hydrogen-bond acceptors (Lipinski definition) is 4. The lowest BCUT2D eigenvalue weighted by molar-refractivity contribution is -0.385. The summed E-state index contributed by atoms with van der Waals surface area (Å²) in [6, 6.07) is 8.09. The summed E-state index contributed by atoms with van der Waals surface area (Å²) in [5, 5.41) is 20.6. The minimum Gasteiger partial charge on any atom is -0.502 e. The summed E-state index contributed by atoms with van der Waals surface area (Å²) in [4.78, 5) is 13.8. The molecule has 5 nitrogen and oxygen atoms in total. The molecule has 0 aromatic heterocycles. The highest BCUT2D eigenvalue weighted by Gasteiger charge is 2.17.